The van der Waals surface area contributed by atoms with E-state index < -0.39 is 41.5 Å². The lowest BCUT2D eigenvalue weighted by Gasteiger charge is -2.10. The smallest absolute Gasteiger partial charge is 0.261 e. The SMILES string of the molecule is N#Cc1c(F)ccc(F)c1Oc1ccc2ncn(CC(F)F)c(=O)c2c1. The number of hydrogen-bond donors (Lipinski definition) is 0. The third-order valence-corrected chi connectivity index (χ3v) is 3.52. The Morgan fingerprint density at radius 1 is 1.19 bits per heavy atom. The summed E-state index contributed by atoms with van der Waals surface area (Å²) in [7, 11) is 0. The van der Waals surface area contributed by atoms with Gasteiger partial charge in [0.05, 0.1) is 23.8 Å². The molecule has 0 atom stereocenters. The van der Waals surface area contributed by atoms with Gasteiger partial charge in [-0.2, -0.15) is 5.26 Å². The Labute approximate surface area is 143 Å². The van der Waals surface area contributed by atoms with Crippen molar-refractivity contribution >= 4 is 10.9 Å². The van der Waals surface area contributed by atoms with Gasteiger partial charge >= 0.3 is 0 Å². The van der Waals surface area contributed by atoms with Gasteiger partial charge in [0.25, 0.3) is 12.0 Å². The first-order valence-corrected chi connectivity index (χ1v) is 7.24. The topological polar surface area (TPSA) is 67.9 Å². The quantitative estimate of drug-likeness (QED) is 0.664. The third-order valence-electron chi connectivity index (χ3n) is 3.52. The van der Waals surface area contributed by atoms with Gasteiger partial charge in [-0.3, -0.25) is 9.36 Å². The van der Waals surface area contributed by atoms with Crippen LogP contribution in [0.25, 0.3) is 10.9 Å². The van der Waals surface area contributed by atoms with Gasteiger partial charge in [0.15, 0.2) is 11.6 Å². The summed E-state index contributed by atoms with van der Waals surface area (Å²) in [5.74, 6) is -2.65. The molecule has 0 aliphatic carbocycles. The highest BCUT2D eigenvalue weighted by Crippen LogP contribution is 2.30. The lowest BCUT2D eigenvalue weighted by Crippen LogP contribution is -2.23. The first-order chi connectivity index (χ1) is 12.4. The maximum absolute atomic E-state index is 13.9. The molecule has 9 heteroatoms. The normalized spacial score (nSPS) is 10.9. The molecular formula is C17H9F4N3O2. The van der Waals surface area contributed by atoms with E-state index in [1.807, 2.05) is 0 Å². The van der Waals surface area contributed by atoms with Crippen molar-refractivity contribution in [3.8, 4) is 17.6 Å². The standard InChI is InChI=1S/C17H9F4N3O2/c18-12-2-3-13(19)16(11(12)6-22)26-9-1-4-14-10(5-9)17(25)24(8-23-14)7-15(20)21/h1-5,8,15H,7H2. The fraction of sp³-hybridized carbons (Fsp3) is 0.118. The molecule has 26 heavy (non-hydrogen) atoms. The maximum Gasteiger partial charge on any atom is 0.261 e. The molecular weight excluding hydrogens is 354 g/mol. The predicted molar refractivity (Wildman–Crippen MR) is 83.2 cm³/mol. The highest BCUT2D eigenvalue weighted by molar-refractivity contribution is 5.79. The molecule has 0 aliphatic rings. The highest BCUT2D eigenvalue weighted by Gasteiger charge is 2.17. The van der Waals surface area contributed by atoms with Crippen molar-refractivity contribution < 1.29 is 22.3 Å². The second-order valence-electron chi connectivity index (χ2n) is 5.22. The minimum atomic E-state index is -2.74. The lowest BCUT2D eigenvalue weighted by atomic mass is 10.2. The summed E-state index contributed by atoms with van der Waals surface area (Å²) < 4.78 is 58.5. The van der Waals surface area contributed by atoms with Crippen LogP contribution in [0.4, 0.5) is 17.6 Å². The third kappa shape index (κ3) is 3.21. The van der Waals surface area contributed by atoms with Crippen LogP contribution >= 0.6 is 0 Å². The van der Waals surface area contributed by atoms with E-state index in [-0.39, 0.29) is 16.7 Å². The van der Waals surface area contributed by atoms with E-state index in [9.17, 15) is 22.4 Å². The molecule has 132 valence electrons. The fourth-order valence-electron chi connectivity index (χ4n) is 2.34. The molecule has 0 bridgehead atoms. The summed E-state index contributed by atoms with van der Waals surface area (Å²) >= 11 is 0. The predicted octanol–water partition coefficient (Wildman–Crippen LogP) is 3.60. The molecule has 0 unspecified atom stereocenters. The van der Waals surface area contributed by atoms with Gasteiger partial charge < -0.3 is 4.74 Å². The van der Waals surface area contributed by atoms with E-state index in [0.29, 0.717) is 0 Å². The lowest BCUT2D eigenvalue weighted by molar-refractivity contribution is 0.125. The van der Waals surface area contributed by atoms with Crippen LogP contribution in [0.5, 0.6) is 11.5 Å². The molecule has 0 aliphatic heterocycles. The number of benzene rings is 2. The Bertz CT molecular complexity index is 1090. The van der Waals surface area contributed by atoms with E-state index in [0.717, 1.165) is 29.1 Å². The van der Waals surface area contributed by atoms with E-state index in [1.165, 1.54) is 18.2 Å². The van der Waals surface area contributed by atoms with Gasteiger partial charge in [0.2, 0.25) is 0 Å². The summed E-state index contributed by atoms with van der Waals surface area (Å²) in [4.78, 5) is 16.2. The number of nitrogens with zero attached hydrogens (tertiary/aromatic N) is 3. The van der Waals surface area contributed by atoms with Gasteiger partial charge in [-0.05, 0) is 30.3 Å². The average molecular weight is 363 g/mol. The molecule has 0 amide bonds. The number of aromatic nitrogens is 2. The van der Waals surface area contributed by atoms with Crippen molar-refractivity contribution in [3.05, 3.63) is 64.2 Å². The van der Waals surface area contributed by atoms with Gasteiger partial charge in [-0.1, -0.05) is 0 Å². The number of fused-ring (bicyclic) bond motifs is 1. The van der Waals surface area contributed by atoms with Gasteiger partial charge in [-0.15, -0.1) is 0 Å². The van der Waals surface area contributed by atoms with Crippen LogP contribution in [-0.4, -0.2) is 16.0 Å². The summed E-state index contributed by atoms with van der Waals surface area (Å²) in [5, 5.41) is 8.93. The molecule has 0 spiro atoms. The molecule has 0 saturated carbocycles. The first-order valence-electron chi connectivity index (χ1n) is 7.24. The Morgan fingerprint density at radius 3 is 2.62 bits per heavy atom. The van der Waals surface area contributed by atoms with Crippen LogP contribution < -0.4 is 10.3 Å². The van der Waals surface area contributed by atoms with E-state index >= 15 is 0 Å². The van der Waals surface area contributed by atoms with Crippen LogP contribution in [0.2, 0.25) is 0 Å². The molecule has 0 N–H and O–H groups in total. The van der Waals surface area contributed by atoms with E-state index in [4.69, 9.17) is 10.00 Å². The van der Waals surface area contributed by atoms with Crippen LogP contribution in [0.1, 0.15) is 5.56 Å². The second kappa shape index (κ2) is 6.84. The van der Waals surface area contributed by atoms with Gasteiger partial charge in [-0.25, -0.2) is 22.5 Å². The van der Waals surface area contributed by atoms with Gasteiger partial charge in [0, 0.05) is 0 Å². The zero-order chi connectivity index (χ0) is 18.8. The molecule has 3 rings (SSSR count). The van der Waals surface area contributed by atoms with E-state index in [2.05, 4.69) is 4.98 Å². The zero-order valence-corrected chi connectivity index (χ0v) is 12.9. The van der Waals surface area contributed by atoms with Crippen LogP contribution in [-0.2, 0) is 6.54 Å². The van der Waals surface area contributed by atoms with Crippen molar-refractivity contribution in [2.45, 2.75) is 13.0 Å². The Hall–Kier alpha value is -3.41. The summed E-state index contributed by atoms with van der Waals surface area (Å²) in [6, 6.07) is 6.94. The second-order valence-corrected chi connectivity index (χ2v) is 5.22. The minimum absolute atomic E-state index is 0.0408. The highest BCUT2D eigenvalue weighted by atomic mass is 19.3. The number of nitriles is 1. The number of alkyl halides is 2. The van der Waals surface area contributed by atoms with Crippen molar-refractivity contribution in [2.75, 3.05) is 0 Å². The molecule has 5 nitrogen and oxygen atoms in total. The zero-order valence-electron chi connectivity index (χ0n) is 12.9. The maximum atomic E-state index is 13.9. The molecule has 2 aromatic carbocycles. The average Bonchev–Trinajstić information content (AvgIpc) is 2.61. The van der Waals surface area contributed by atoms with Crippen molar-refractivity contribution in [1.82, 2.24) is 9.55 Å². The Kier molecular flexibility index (Phi) is 4.58. The fourth-order valence-corrected chi connectivity index (χ4v) is 2.34. The Morgan fingerprint density at radius 2 is 1.92 bits per heavy atom. The van der Waals surface area contributed by atoms with Crippen molar-refractivity contribution in [2.24, 2.45) is 0 Å². The molecule has 0 fully saturated rings. The van der Waals surface area contributed by atoms with Crippen molar-refractivity contribution in [1.29, 1.82) is 5.26 Å². The molecule has 3 aromatic rings. The number of ether oxygens (including phenoxy) is 1. The van der Waals surface area contributed by atoms with Crippen molar-refractivity contribution in [3.63, 3.8) is 0 Å². The summed E-state index contributed by atoms with van der Waals surface area (Å²) in [6.07, 6.45) is -1.75. The molecule has 0 radical (unpaired) electrons. The number of rotatable bonds is 4. The summed E-state index contributed by atoms with van der Waals surface area (Å²) in [5.41, 5.74) is -1.15. The number of halogens is 4. The first kappa shape index (κ1) is 17.4. The van der Waals surface area contributed by atoms with Crippen LogP contribution in [0, 0.1) is 23.0 Å². The van der Waals surface area contributed by atoms with Gasteiger partial charge in [0.1, 0.15) is 23.2 Å². The molecule has 0 saturated heterocycles. The largest absolute Gasteiger partial charge is 0.453 e. The Balaban J connectivity index is 2.08. The monoisotopic (exact) mass is 363 g/mol. The van der Waals surface area contributed by atoms with Crippen LogP contribution in [0.3, 0.4) is 0 Å². The number of hydrogen-bond acceptors (Lipinski definition) is 4. The summed E-state index contributed by atoms with van der Waals surface area (Å²) in [6.45, 7) is -0.829. The molecule has 1 heterocycles. The van der Waals surface area contributed by atoms with E-state index in [1.54, 1.807) is 0 Å². The minimum Gasteiger partial charge on any atom is -0.453 e. The van der Waals surface area contributed by atoms with Crippen LogP contribution in [0.15, 0.2) is 41.5 Å². The molecule has 1 aromatic heterocycles.